The molecule has 8 heteroatoms. The highest BCUT2D eigenvalue weighted by Crippen LogP contribution is 2.15. The van der Waals surface area contributed by atoms with Crippen molar-refractivity contribution in [1.29, 1.82) is 0 Å². The van der Waals surface area contributed by atoms with Crippen LogP contribution in [0.25, 0.3) is 10.9 Å². The van der Waals surface area contributed by atoms with Crippen molar-refractivity contribution in [2.24, 2.45) is 0 Å². The lowest BCUT2D eigenvalue weighted by Gasteiger charge is -2.15. The Morgan fingerprint density at radius 3 is 2.81 bits per heavy atom. The summed E-state index contributed by atoms with van der Waals surface area (Å²) in [6, 6.07) is 16.1. The van der Waals surface area contributed by atoms with E-state index in [0.29, 0.717) is 28.6 Å². The molecule has 32 heavy (non-hydrogen) atoms. The maximum Gasteiger partial charge on any atom is 0.262 e. The lowest BCUT2D eigenvalue weighted by Crippen LogP contribution is -2.34. The number of fused-ring (bicyclic) bond motifs is 1. The van der Waals surface area contributed by atoms with Gasteiger partial charge >= 0.3 is 0 Å². The number of rotatable bonds is 7. The first-order valence-electron chi connectivity index (χ1n) is 10.2. The van der Waals surface area contributed by atoms with Gasteiger partial charge in [0.2, 0.25) is 0 Å². The van der Waals surface area contributed by atoms with Crippen LogP contribution in [0, 0.1) is 4.77 Å². The molecule has 0 aliphatic carbocycles. The number of benzene rings is 2. The van der Waals surface area contributed by atoms with Crippen molar-refractivity contribution in [3.8, 4) is 5.75 Å². The summed E-state index contributed by atoms with van der Waals surface area (Å²) < 4.78 is 12.3. The number of carbonyl (C=O) groups excluding carboxylic acids is 1. The molecule has 0 bridgehead atoms. The average molecular weight is 450 g/mol. The Labute approximate surface area is 189 Å². The molecule has 2 heterocycles. The summed E-state index contributed by atoms with van der Waals surface area (Å²) in [5.41, 5.74) is 1.79. The van der Waals surface area contributed by atoms with Gasteiger partial charge in [-0.1, -0.05) is 12.1 Å². The van der Waals surface area contributed by atoms with E-state index < -0.39 is 0 Å². The summed E-state index contributed by atoms with van der Waals surface area (Å²) in [6.07, 6.45) is 2.21. The predicted molar refractivity (Wildman–Crippen MR) is 125 cm³/mol. The Kier molecular flexibility index (Phi) is 6.23. The molecule has 4 aromatic rings. The monoisotopic (exact) mass is 449 g/mol. The zero-order chi connectivity index (χ0) is 22.7. The van der Waals surface area contributed by atoms with Crippen molar-refractivity contribution in [1.82, 2.24) is 14.9 Å². The molecule has 1 unspecified atom stereocenters. The zero-order valence-corrected chi connectivity index (χ0v) is 18.6. The van der Waals surface area contributed by atoms with Crippen LogP contribution in [0.5, 0.6) is 5.75 Å². The largest absolute Gasteiger partial charge is 0.497 e. The standard InChI is InChI=1S/C24H23N3O4S/c1-15(11-16-5-3-6-18(12-16)30-2)25-22(28)17-8-9-20-21(13-17)26-24(32)27(23(20)29)14-19-7-4-10-31-19/h3-10,12-13,15H,11,14H2,1-2H3,(H,25,28)(H,26,32). The van der Waals surface area contributed by atoms with Crippen LogP contribution in [0.4, 0.5) is 0 Å². The van der Waals surface area contributed by atoms with E-state index in [9.17, 15) is 9.59 Å². The second-order valence-electron chi connectivity index (χ2n) is 7.59. The second-order valence-corrected chi connectivity index (χ2v) is 7.98. The van der Waals surface area contributed by atoms with Gasteiger partial charge in [0, 0.05) is 11.6 Å². The minimum Gasteiger partial charge on any atom is -0.497 e. The third-order valence-corrected chi connectivity index (χ3v) is 5.51. The summed E-state index contributed by atoms with van der Waals surface area (Å²) in [6.45, 7) is 2.18. The second kappa shape index (κ2) is 9.23. The molecule has 7 nitrogen and oxygen atoms in total. The fourth-order valence-corrected chi connectivity index (χ4v) is 3.87. The van der Waals surface area contributed by atoms with Crippen molar-refractivity contribution in [3.63, 3.8) is 0 Å². The Morgan fingerprint density at radius 1 is 1.22 bits per heavy atom. The third-order valence-electron chi connectivity index (χ3n) is 5.19. The van der Waals surface area contributed by atoms with E-state index in [-0.39, 0.29) is 28.8 Å². The highest BCUT2D eigenvalue weighted by Gasteiger charge is 2.14. The molecule has 2 aromatic carbocycles. The van der Waals surface area contributed by atoms with E-state index in [0.717, 1.165) is 11.3 Å². The number of nitrogens with zero attached hydrogens (tertiary/aromatic N) is 1. The molecule has 0 aliphatic heterocycles. The molecule has 0 fully saturated rings. The number of amides is 1. The number of furan rings is 1. The first-order valence-corrected chi connectivity index (χ1v) is 10.6. The SMILES string of the molecule is COc1cccc(CC(C)NC(=O)c2ccc3c(=O)n(Cc4ccco4)c(=S)[nH]c3c2)c1. The zero-order valence-electron chi connectivity index (χ0n) is 17.8. The lowest BCUT2D eigenvalue weighted by atomic mass is 10.1. The van der Waals surface area contributed by atoms with Crippen LogP contribution < -0.4 is 15.6 Å². The summed E-state index contributed by atoms with van der Waals surface area (Å²) >= 11 is 5.37. The first-order chi connectivity index (χ1) is 15.4. The van der Waals surface area contributed by atoms with Crippen molar-refractivity contribution < 1.29 is 13.9 Å². The van der Waals surface area contributed by atoms with Crippen LogP contribution in [0.1, 0.15) is 28.6 Å². The normalized spacial score (nSPS) is 11.9. The van der Waals surface area contributed by atoms with Crippen LogP contribution >= 0.6 is 12.2 Å². The lowest BCUT2D eigenvalue weighted by molar-refractivity contribution is 0.0940. The molecule has 2 aromatic heterocycles. The molecule has 1 atom stereocenters. The van der Waals surface area contributed by atoms with Crippen LogP contribution in [-0.2, 0) is 13.0 Å². The van der Waals surface area contributed by atoms with Gasteiger partial charge in [0.25, 0.3) is 11.5 Å². The van der Waals surface area contributed by atoms with Gasteiger partial charge in [-0.2, -0.15) is 0 Å². The van der Waals surface area contributed by atoms with E-state index in [4.69, 9.17) is 21.4 Å². The van der Waals surface area contributed by atoms with Gasteiger partial charge in [-0.3, -0.25) is 14.2 Å². The quantitative estimate of drug-likeness (QED) is 0.415. The maximum absolute atomic E-state index is 12.9. The van der Waals surface area contributed by atoms with Gasteiger partial charge < -0.3 is 19.5 Å². The molecule has 164 valence electrons. The van der Waals surface area contributed by atoms with Crippen LogP contribution in [-0.4, -0.2) is 28.6 Å². The smallest absolute Gasteiger partial charge is 0.262 e. The molecular formula is C24H23N3O4S. The molecule has 4 rings (SSSR count). The number of aromatic amines is 1. The fourth-order valence-electron chi connectivity index (χ4n) is 3.61. The van der Waals surface area contributed by atoms with Crippen molar-refractivity contribution in [2.75, 3.05) is 7.11 Å². The predicted octanol–water partition coefficient (Wildman–Crippen LogP) is 4.07. The molecule has 0 spiro atoms. The topological polar surface area (TPSA) is 89.3 Å². The average Bonchev–Trinajstić information content (AvgIpc) is 3.29. The van der Waals surface area contributed by atoms with Gasteiger partial charge in [0.1, 0.15) is 11.5 Å². The summed E-state index contributed by atoms with van der Waals surface area (Å²) in [7, 11) is 1.63. The Hall–Kier alpha value is -3.65. The summed E-state index contributed by atoms with van der Waals surface area (Å²) in [5, 5.41) is 3.45. The van der Waals surface area contributed by atoms with Gasteiger partial charge in [-0.15, -0.1) is 0 Å². The van der Waals surface area contributed by atoms with Gasteiger partial charge in [0.15, 0.2) is 4.77 Å². The first kappa shape index (κ1) is 21.6. The van der Waals surface area contributed by atoms with Crippen molar-refractivity contribution in [2.45, 2.75) is 25.9 Å². The number of hydrogen-bond donors (Lipinski definition) is 2. The van der Waals surface area contributed by atoms with Crippen molar-refractivity contribution >= 4 is 29.0 Å². The Morgan fingerprint density at radius 2 is 2.06 bits per heavy atom. The van der Waals surface area contributed by atoms with Gasteiger partial charge in [-0.25, -0.2) is 0 Å². The molecule has 0 saturated heterocycles. The van der Waals surface area contributed by atoms with Crippen LogP contribution in [0.2, 0.25) is 0 Å². The number of carbonyl (C=O) groups is 1. The minimum absolute atomic E-state index is 0.0925. The highest BCUT2D eigenvalue weighted by molar-refractivity contribution is 7.71. The van der Waals surface area contributed by atoms with Gasteiger partial charge in [-0.05, 0) is 73.6 Å². The number of H-pyrrole nitrogens is 1. The van der Waals surface area contributed by atoms with E-state index in [1.807, 2.05) is 31.2 Å². The van der Waals surface area contributed by atoms with Crippen LogP contribution in [0.15, 0.2) is 70.1 Å². The summed E-state index contributed by atoms with van der Waals surface area (Å²) in [5.74, 6) is 1.19. The van der Waals surface area contributed by atoms with Gasteiger partial charge in [0.05, 0.1) is 30.8 Å². The summed E-state index contributed by atoms with van der Waals surface area (Å²) in [4.78, 5) is 28.8. The number of aromatic nitrogens is 2. The third kappa shape index (κ3) is 4.65. The molecule has 0 radical (unpaired) electrons. The number of methoxy groups -OCH3 is 1. The van der Waals surface area contributed by atoms with E-state index in [1.165, 1.54) is 4.57 Å². The molecule has 1 amide bonds. The Balaban J connectivity index is 1.53. The van der Waals surface area contributed by atoms with E-state index >= 15 is 0 Å². The molecule has 2 N–H and O–H groups in total. The van der Waals surface area contributed by atoms with E-state index in [1.54, 1.807) is 43.7 Å². The highest BCUT2D eigenvalue weighted by atomic mass is 32.1. The number of nitrogens with one attached hydrogen (secondary N) is 2. The molecule has 0 aliphatic rings. The van der Waals surface area contributed by atoms with Crippen molar-refractivity contribution in [3.05, 3.63) is 92.9 Å². The van der Waals surface area contributed by atoms with Crippen LogP contribution in [0.3, 0.4) is 0 Å². The molecule has 0 saturated carbocycles. The molecular weight excluding hydrogens is 426 g/mol. The van der Waals surface area contributed by atoms with E-state index in [2.05, 4.69) is 10.3 Å². The number of ether oxygens (including phenoxy) is 1. The number of hydrogen-bond acceptors (Lipinski definition) is 5. The Bertz CT molecular complexity index is 1370. The minimum atomic E-state index is -0.237. The fraction of sp³-hybridized carbons (Fsp3) is 0.208. The maximum atomic E-state index is 12.9.